The molecule has 0 aromatic carbocycles. The van der Waals surface area contributed by atoms with Crippen molar-refractivity contribution in [3.8, 4) is 11.4 Å². The van der Waals surface area contributed by atoms with Gasteiger partial charge in [0.1, 0.15) is 5.69 Å². The van der Waals surface area contributed by atoms with Gasteiger partial charge in [-0.3, -0.25) is 9.78 Å². The molecule has 0 atom stereocenters. The number of aryl methyl sites for hydroxylation is 1. The van der Waals surface area contributed by atoms with Crippen molar-refractivity contribution >= 4 is 16.7 Å². The molecule has 0 fully saturated rings. The molecule has 27 heavy (non-hydrogen) atoms. The highest BCUT2D eigenvalue weighted by Crippen LogP contribution is 2.20. The minimum atomic E-state index is -0.0518. The van der Waals surface area contributed by atoms with Crippen LogP contribution in [0.2, 0.25) is 0 Å². The predicted molar refractivity (Wildman–Crippen MR) is 102 cm³/mol. The smallest absolute Gasteiger partial charge is 0.188 e. The molecule has 4 aromatic heterocycles. The van der Waals surface area contributed by atoms with Crippen LogP contribution in [0.25, 0.3) is 22.3 Å². The van der Waals surface area contributed by atoms with E-state index in [0.717, 1.165) is 22.3 Å². The number of carbonyl (C=O) groups is 1. The van der Waals surface area contributed by atoms with Crippen LogP contribution in [-0.2, 0) is 13.5 Å². The third-order valence-corrected chi connectivity index (χ3v) is 4.53. The van der Waals surface area contributed by atoms with Gasteiger partial charge in [0, 0.05) is 30.9 Å². The van der Waals surface area contributed by atoms with Crippen molar-refractivity contribution in [1.29, 1.82) is 0 Å². The Kier molecular flexibility index (Phi) is 4.27. The second-order valence-electron chi connectivity index (χ2n) is 6.85. The fraction of sp³-hybridized carbons (Fsp3) is 0.250. The average molecular weight is 360 g/mol. The maximum Gasteiger partial charge on any atom is 0.188 e. The molecule has 0 aliphatic rings. The van der Waals surface area contributed by atoms with E-state index in [4.69, 9.17) is 4.98 Å². The molecule has 7 heteroatoms. The number of fused-ring (bicyclic) bond motifs is 1. The fourth-order valence-electron chi connectivity index (χ4n) is 2.92. The molecule has 0 bridgehead atoms. The van der Waals surface area contributed by atoms with Gasteiger partial charge in [0.15, 0.2) is 5.78 Å². The van der Waals surface area contributed by atoms with E-state index in [2.05, 4.69) is 15.0 Å². The van der Waals surface area contributed by atoms with Crippen LogP contribution in [0, 0.1) is 0 Å². The Morgan fingerprint density at radius 1 is 1.15 bits per heavy atom. The normalized spacial score (nSPS) is 11.4. The maximum atomic E-state index is 12.5. The van der Waals surface area contributed by atoms with Crippen molar-refractivity contribution in [2.75, 3.05) is 0 Å². The molecule has 0 unspecified atom stereocenters. The van der Waals surface area contributed by atoms with Crippen LogP contribution in [0.4, 0.5) is 0 Å². The van der Waals surface area contributed by atoms with Crippen LogP contribution in [0.15, 0.2) is 49.4 Å². The van der Waals surface area contributed by atoms with Crippen molar-refractivity contribution in [1.82, 2.24) is 29.1 Å². The second-order valence-corrected chi connectivity index (χ2v) is 6.85. The minimum absolute atomic E-state index is 0.0518. The molecule has 0 amide bonds. The van der Waals surface area contributed by atoms with Gasteiger partial charge < -0.3 is 9.13 Å². The van der Waals surface area contributed by atoms with Crippen molar-refractivity contribution < 1.29 is 4.79 Å². The van der Waals surface area contributed by atoms with E-state index in [0.29, 0.717) is 11.4 Å². The number of imidazole rings is 2. The van der Waals surface area contributed by atoms with Gasteiger partial charge in [-0.05, 0) is 32.0 Å². The molecule has 0 aliphatic heterocycles. The van der Waals surface area contributed by atoms with E-state index >= 15 is 0 Å². The third kappa shape index (κ3) is 3.36. The zero-order valence-corrected chi connectivity index (χ0v) is 15.5. The number of nitrogens with zero attached hydrogens (tertiary/aromatic N) is 6. The molecule has 0 saturated carbocycles. The lowest BCUT2D eigenvalue weighted by Gasteiger charge is -2.05. The van der Waals surface area contributed by atoms with Crippen LogP contribution in [0.1, 0.15) is 36.1 Å². The number of carbonyl (C=O) groups excluding carboxylic acids is 1. The van der Waals surface area contributed by atoms with Crippen LogP contribution < -0.4 is 0 Å². The number of hydrogen-bond acceptors (Lipinski definition) is 5. The lowest BCUT2D eigenvalue weighted by molar-refractivity contribution is 0.0987. The first kappa shape index (κ1) is 17.1. The Morgan fingerprint density at radius 2 is 2.00 bits per heavy atom. The van der Waals surface area contributed by atoms with E-state index in [1.807, 2.05) is 48.2 Å². The topological polar surface area (TPSA) is 78.5 Å². The van der Waals surface area contributed by atoms with E-state index in [1.54, 1.807) is 31.2 Å². The fourth-order valence-corrected chi connectivity index (χ4v) is 2.92. The highest BCUT2D eigenvalue weighted by Gasteiger charge is 2.13. The Balaban J connectivity index is 1.62. The summed E-state index contributed by atoms with van der Waals surface area (Å²) in [6.07, 6.45) is 8.95. The van der Waals surface area contributed by atoms with Gasteiger partial charge in [-0.15, -0.1) is 0 Å². The van der Waals surface area contributed by atoms with Gasteiger partial charge in [-0.1, -0.05) is 0 Å². The summed E-state index contributed by atoms with van der Waals surface area (Å²) in [5.74, 6) is -0.0518. The molecule has 4 heterocycles. The summed E-state index contributed by atoms with van der Waals surface area (Å²) in [7, 11) is 1.93. The molecule has 0 radical (unpaired) electrons. The first-order valence-corrected chi connectivity index (χ1v) is 8.80. The highest BCUT2D eigenvalue weighted by molar-refractivity contribution is 5.95. The number of Topliss-reactive ketones (excluding diaryl/α,β-unsaturated/α-hetero) is 1. The average Bonchev–Trinajstić information content (AvgIpc) is 3.30. The van der Waals surface area contributed by atoms with Gasteiger partial charge in [0.25, 0.3) is 0 Å². The van der Waals surface area contributed by atoms with Crippen LogP contribution in [0.5, 0.6) is 0 Å². The lowest BCUT2D eigenvalue weighted by Crippen LogP contribution is -2.06. The van der Waals surface area contributed by atoms with E-state index in [1.165, 1.54) is 0 Å². The van der Waals surface area contributed by atoms with Gasteiger partial charge in [0.2, 0.25) is 0 Å². The van der Waals surface area contributed by atoms with Crippen LogP contribution in [-0.4, -0.2) is 34.9 Å². The summed E-state index contributed by atoms with van der Waals surface area (Å²) >= 11 is 0. The largest absolute Gasteiger partial charge is 0.334 e. The van der Waals surface area contributed by atoms with Crippen molar-refractivity contribution in [2.45, 2.75) is 26.3 Å². The summed E-state index contributed by atoms with van der Waals surface area (Å²) in [6.45, 7) is 4.10. The molecule has 0 aliphatic carbocycles. The van der Waals surface area contributed by atoms with Crippen molar-refractivity contribution in [2.24, 2.45) is 7.05 Å². The molecule has 136 valence electrons. The quantitative estimate of drug-likeness (QED) is 0.511. The number of hydrogen-bond donors (Lipinski definition) is 0. The van der Waals surface area contributed by atoms with E-state index in [9.17, 15) is 4.79 Å². The number of pyridine rings is 2. The predicted octanol–water partition coefficient (Wildman–Crippen LogP) is 3.23. The summed E-state index contributed by atoms with van der Waals surface area (Å²) in [4.78, 5) is 30.0. The molecular formula is C20H20N6O. The number of aromatic nitrogens is 6. The SMILES string of the molecule is CC(C)n1cnc(C(=O)Cc2cc3nc(-c4cncn4C)ccc3cn2)c1. The number of rotatable bonds is 5. The molecule has 4 rings (SSSR count). The summed E-state index contributed by atoms with van der Waals surface area (Å²) in [5.41, 5.74) is 3.72. The summed E-state index contributed by atoms with van der Waals surface area (Å²) < 4.78 is 3.84. The van der Waals surface area contributed by atoms with Crippen molar-refractivity contribution in [3.63, 3.8) is 0 Å². The van der Waals surface area contributed by atoms with Crippen molar-refractivity contribution in [3.05, 3.63) is 60.8 Å². The highest BCUT2D eigenvalue weighted by atomic mass is 16.1. The third-order valence-electron chi connectivity index (χ3n) is 4.53. The zero-order valence-electron chi connectivity index (χ0n) is 15.5. The Hall–Kier alpha value is -3.35. The van der Waals surface area contributed by atoms with E-state index in [-0.39, 0.29) is 18.2 Å². The van der Waals surface area contributed by atoms with Crippen LogP contribution >= 0.6 is 0 Å². The maximum absolute atomic E-state index is 12.5. The van der Waals surface area contributed by atoms with Gasteiger partial charge in [-0.25, -0.2) is 15.0 Å². The Bertz CT molecular complexity index is 1120. The van der Waals surface area contributed by atoms with E-state index < -0.39 is 0 Å². The Labute approximate surface area is 156 Å². The Morgan fingerprint density at radius 3 is 2.70 bits per heavy atom. The number of ketones is 1. The molecule has 0 N–H and O–H groups in total. The summed E-state index contributed by atoms with van der Waals surface area (Å²) in [5, 5.41) is 0.932. The monoisotopic (exact) mass is 360 g/mol. The first-order chi connectivity index (χ1) is 13.0. The molecular weight excluding hydrogens is 340 g/mol. The van der Waals surface area contributed by atoms with Gasteiger partial charge in [-0.2, -0.15) is 0 Å². The molecule has 7 nitrogen and oxygen atoms in total. The van der Waals surface area contributed by atoms with Crippen LogP contribution in [0.3, 0.4) is 0 Å². The van der Waals surface area contributed by atoms with Gasteiger partial charge in [0.05, 0.1) is 47.9 Å². The van der Waals surface area contributed by atoms with Gasteiger partial charge >= 0.3 is 0 Å². The first-order valence-electron chi connectivity index (χ1n) is 8.80. The molecule has 4 aromatic rings. The summed E-state index contributed by atoms with van der Waals surface area (Å²) in [6, 6.07) is 6.07. The minimum Gasteiger partial charge on any atom is -0.334 e. The molecule has 0 saturated heterocycles. The lowest BCUT2D eigenvalue weighted by atomic mass is 10.1. The molecule has 0 spiro atoms. The standard InChI is InChI=1S/C20H20N6O/c1-13(2)26-10-18(23-12-26)20(27)7-15-6-17-14(8-22-15)4-5-16(24-17)19-9-21-11-25(19)3/h4-6,8-13H,7H2,1-3H3. The zero-order chi connectivity index (χ0) is 19.0. The second kappa shape index (κ2) is 6.75.